The van der Waals surface area contributed by atoms with Gasteiger partial charge in [0.05, 0.1) is 6.54 Å². The van der Waals surface area contributed by atoms with Crippen LogP contribution in [0.3, 0.4) is 0 Å². The molecule has 0 radical (unpaired) electrons. The molecule has 1 amide bonds. The van der Waals surface area contributed by atoms with E-state index in [2.05, 4.69) is 70.2 Å². The van der Waals surface area contributed by atoms with Gasteiger partial charge in [-0.3, -0.25) is 14.6 Å². The molecule has 2 atom stereocenters. The van der Waals surface area contributed by atoms with Gasteiger partial charge in [-0.15, -0.1) is 0 Å². The van der Waals surface area contributed by atoms with E-state index in [9.17, 15) is 4.79 Å². The second-order valence-electron chi connectivity index (χ2n) is 9.32. The fraction of sp³-hybridized carbons (Fsp3) is 0.500. The first-order chi connectivity index (χ1) is 14.7. The minimum absolute atomic E-state index is 0.295. The van der Waals surface area contributed by atoms with Gasteiger partial charge in [-0.25, -0.2) is 0 Å². The van der Waals surface area contributed by atoms with Crippen molar-refractivity contribution in [3.05, 3.63) is 65.2 Å². The van der Waals surface area contributed by atoms with Crippen molar-refractivity contribution in [1.82, 2.24) is 9.80 Å². The zero-order valence-corrected chi connectivity index (χ0v) is 18.1. The molecule has 3 aliphatic rings. The summed E-state index contributed by atoms with van der Waals surface area (Å²) in [5.74, 6) is 0.842. The van der Waals surface area contributed by atoms with Crippen LogP contribution in [0.15, 0.2) is 48.5 Å². The normalized spacial score (nSPS) is 24.5. The Balaban J connectivity index is 1.20. The van der Waals surface area contributed by atoms with E-state index in [0.717, 1.165) is 39.1 Å². The minimum atomic E-state index is 0.295. The highest BCUT2D eigenvalue weighted by Crippen LogP contribution is 2.47. The Bertz CT molecular complexity index is 885. The maximum Gasteiger partial charge on any atom is 0.241 e. The molecular weight excluding hydrogens is 370 g/mol. The van der Waals surface area contributed by atoms with Crippen molar-refractivity contribution >= 4 is 11.6 Å². The molecule has 1 saturated carbocycles. The molecular formula is C26H33N3O. The molecule has 4 heteroatoms. The number of rotatable bonds is 4. The van der Waals surface area contributed by atoms with Gasteiger partial charge in [-0.2, -0.15) is 0 Å². The first-order valence-corrected chi connectivity index (χ1v) is 11.6. The molecule has 2 heterocycles. The van der Waals surface area contributed by atoms with Gasteiger partial charge in [-0.05, 0) is 37.0 Å². The standard InChI is InChI=1S/C26H33N3O/c1-20-10-12-21(13-11-20)18-27-14-16-28(17-15-27)19-26(30)29-24-8-4-2-6-22(24)23-7-3-5-9-25(23)29/h2,4,6,8,10-13,23,25H,3,5,7,9,14-19H2,1H3. The lowest BCUT2D eigenvalue weighted by atomic mass is 9.82. The van der Waals surface area contributed by atoms with Crippen LogP contribution in [-0.2, 0) is 11.3 Å². The van der Waals surface area contributed by atoms with Gasteiger partial charge >= 0.3 is 0 Å². The van der Waals surface area contributed by atoms with Gasteiger partial charge < -0.3 is 4.90 Å². The number of carbonyl (C=O) groups excluding carboxylic acids is 1. The van der Waals surface area contributed by atoms with Gasteiger partial charge in [0, 0.05) is 50.4 Å². The Kier molecular flexibility index (Phi) is 5.62. The Hall–Kier alpha value is -2.17. The van der Waals surface area contributed by atoms with Gasteiger partial charge in [0.1, 0.15) is 0 Å². The molecule has 2 aromatic rings. The Morgan fingerprint density at radius 3 is 2.40 bits per heavy atom. The molecule has 30 heavy (non-hydrogen) atoms. The summed E-state index contributed by atoms with van der Waals surface area (Å²) in [6.07, 6.45) is 4.91. The predicted octanol–water partition coefficient (Wildman–Crippen LogP) is 4.19. The lowest BCUT2D eigenvalue weighted by molar-refractivity contribution is -0.120. The van der Waals surface area contributed by atoms with Crippen LogP contribution in [0.2, 0.25) is 0 Å². The van der Waals surface area contributed by atoms with E-state index >= 15 is 0 Å². The van der Waals surface area contributed by atoms with Crippen molar-refractivity contribution in [2.24, 2.45) is 0 Å². The van der Waals surface area contributed by atoms with Crippen LogP contribution < -0.4 is 4.90 Å². The quantitative estimate of drug-likeness (QED) is 0.766. The Morgan fingerprint density at radius 2 is 1.60 bits per heavy atom. The van der Waals surface area contributed by atoms with Crippen LogP contribution in [0.4, 0.5) is 5.69 Å². The fourth-order valence-electron chi connectivity index (χ4n) is 5.63. The van der Waals surface area contributed by atoms with Crippen LogP contribution in [0.1, 0.15) is 48.3 Å². The largest absolute Gasteiger partial charge is 0.307 e. The number of piperazine rings is 1. The summed E-state index contributed by atoms with van der Waals surface area (Å²) in [6, 6.07) is 17.8. The average molecular weight is 404 g/mol. The van der Waals surface area contributed by atoms with Crippen molar-refractivity contribution < 1.29 is 4.79 Å². The summed E-state index contributed by atoms with van der Waals surface area (Å²) < 4.78 is 0. The van der Waals surface area contributed by atoms with Crippen LogP contribution in [0.25, 0.3) is 0 Å². The van der Waals surface area contributed by atoms with E-state index in [1.165, 1.54) is 41.6 Å². The smallest absolute Gasteiger partial charge is 0.241 e. The van der Waals surface area contributed by atoms with Crippen molar-refractivity contribution in [3.8, 4) is 0 Å². The SMILES string of the molecule is Cc1ccc(CN2CCN(CC(=O)N3c4ccccc4C4CCCCC43)CC2)cc1. The molecule has 0 spiro atoms. The number of nitrogens with zero attached hydrogens (tertiary/aromatic N) is 3. The van der Waals surface area contributed by atoms with Gasteiger partial charge in [-0.1, -0.05) is 60.9 Å². The zero-order valence-electron chi connectivity index (χ0n) is 18.1. The summed E-state index contributed by atoms with van der Waals surface area (Å²) in [5, 5.41) is 0. The number of carbonyl (C=O) groups is 1. The topological polar surface area (TPSA) is 26.8 Å². The van der Waals surface area contributed by atoms with E-state index in [1.54, 1.807) is 0 Å². The van der Waals surface area contributed by atoms with Crippen LogP contribution in [0, 0.1) is 6.92 Å². The second kappa shape index (κ2) is 8.52. The predicted molar refractivity (Wildman–Crippen MR) is 122 cm³/mol. The van der Waals surface area contributed by atoms with E-state index < -0.39 is 0 Å². The highest BCUT2D eigenvalue weighted by atomic mass is 16.2. The minimum Gasteiger partial charge on any atom is -0.307 e. The van der Waals surface area contributed by atoms with Crippen molar-refractivity contribution in [2.75, 3.05) is 37.6 Å². The van der Waals surface area contributed by atoms with Gasteiger partial charge in [0.25, 0.3) is 0 Å². The number of anilines is 1. The third kappa shape index (κ3) is 3.91. The Labute approximate surface area is 180 Å². The summed E-state index contributed by atoms with van der Waals surface area (Å²) in [4.78, 5) is 20.4. The van der Waals surface area contributed by atoms with Crippen LogP contribution in [-0.4, -0.2) is 54.5 Å². The first kappa shape index (κ1) is 19.8. The monoisotopic (exact) mass is 403 g/mol. The van der Waals surface area contributed by atoms with Gasteiger partial charge in [0.2, 0.25) is 5.91 Å². The van der Waals surface area contributed by atoms with Crippen molar-refractivity contribution in [2.45, 2.75) is 51.1 Å². The summed E-state index contributed by atoms with van der Waals surface area (Å²) in [7, 11) is 0. The molecule has 4 nitrogen and oxygen atoms in total. The summed E-state index contributed by atoms with van der Waals surface area (Å²) in [5.41, 5.74) is 5.27. The van der Waals surface area contributed by atoms with Crippen molar-refractivity contribution in [1.29, 1.82) is 0 Å². The molecule has 0 bridgehead atoms. The number of benzene rings is 2. The maximum absolute atomic E-state index is 13.4. The molecule has 1 saturated heterocycles. The molecule has 0 aromatic heterocycles. The van der Waals surface area contributed by atoms with E-state index in [0.29, 0.717) is 24.4 Å². The molecule has 2 aliphatic heterocycles. The van der Waals surface area contributed by atoms with Crippen LogP contribution >= 0.6 is 0 Å². The third-order valence-electron chi connectivity index (χ3n) is 7.28. The number of hydrogen-bond donors (Lipinski definition) is 0. The van der Waals surface area contributed by atoms with E-state index in [-0.39, 0.29) is 0 Å². The molecule has 0 N–H and O–H groups in total. The molecule has 1 aliphatic carbocycles. The summed E-state index contributed by atoms with van der Waals surface area (Å²) >= 11 is 0. The number of fused-ring (bicyclic) bond motifs is 3. The molecule has 2 fully saturated rings. The molecule has 2 unspecified atom stereocenters. The molecule has 158 valence electrons. The van der Waals surface area contributed by atoms with E-state index in [1.807, 2.05) is 0 Å². The number of para-hydroxylation sites is 1. The zero-order chi connectivity index (χ0) is 20.5. The lowest BCUT2D eigenvalue weighted by Gasteiger charge is -2.37. The summed E-state index contributed by atoms with van der Waals surface area (Å²) in [6.45, 7) is 7.70. The molecule has 5 rings (SSSR count). The van der Waals surface area contributed by atoms with Crippen LogP contribution in [0.5, 0.6) is 0 Å². The number of aryl methyl sites for hydroxylation is 1. The fourth-order valence-corrected chi connectivity index (χ4v) is 5.63. The number of amides is 1. The highest BCUT2D eigenvalue weighted by molar-refractivity contribution is 5.98. The van der Waals surface area contributed by atoms with Gasteiger partial charge in [0.15, 0.2) is 0 Å². The number of hydrogen-bond acceptors (Lipinski definition) is 3. The van der Waals surface area contributed by atoms with Crippen molar-refractivity contribution in [3.63, 3.8) is 0 Å². The highest BCUT2D eigenvalue weighted by Gasteiger charge is 2.42. The molecule has 2 aromatic carbocycles. The first-order valence-electron chi connectivity index (χ1n) is 11.6. The lowest BCUT2D eigenvalue weighted by Crippen LogP contribution is -2.51. The maximum atomic E-state index is 13.4. The van der Waals surface area contributed by atoms with E-state index in [4.69, 9.17) is 0 Å². The average Bonchev–Trinajstić information content (AvgIpc) is 3.11. The Morgan fingerprint density at radius 1 is 0.900 bits per heavy atom. The second-order valence-corrected chi connectivity index (χ2v) is 9.32. The third-order valence-corrected chi connectivity index (χ3v) is 7.28.